The molecule has 9 aromatic carbocycles. The third-order valence-electron chi connectivity index (χ3n) is 15.8. The normalized spacial score (nSPS) is 14.1. The number of benzene rings is 9. The summed E-state index contributed by atoms with van der Waals surface area (Å²) in [6, 6.07) is 79.6. The van der Waals surface area contributed by atoms with Crippen molar-refractivity contribution in [1.82, 2.24) is 9.55 Å². The van der Waals surface area contributed by atoms with Gasteiger partial charge < -0.3 is 14.5 Å². The van der Waals surface area contributed by atoms with Crippen LogP contribution in [0.4, 0.5) is 22.7 Å². The summed E-state index contributed by atoms with van der Waals surface area (Å²) < 4.78 is 9.55. The van der Waals surface area contributed by atoms with Gasteiger partial charge in [-0.05, 0) is 133 Å². The number of nitrogens with zero attached hydrogens (tertiary/aromatic N) is 4. The highest BCUT2D eigenvalue weighted by Crippen LogP contribution is 2.52. The smallest absolute Gasteiger partial charge is 0.137 e. The van der Waals surface area contributed by atoms with E-state index in [1.165, 1.54) is 86.0 Å². The second-order valence-corrected chi connectivity index (χ2v) is 20.5. The van der Waals surface area contributed by atoms with Gasteiger partial charge in [0.15, 0.2) is 0 Å². The molecule has 360 valence electrons. The van der Waals surface area contributed by atoms with Gasteiger partial charge >= 0.3 is 0 Å². The lowest BCUT2D eigenvalue weighted by molar-refractivity contribution is 0.345. The van der Waals surface area contributed by atoms with Gasteiger partial charge in [-0.1, -0.05) is 176 Å². The fourth-order valence-electron chi connectivity index (χ4n) is 12.6. The summed E-state index contributed by atoms with van der Waals surface area (Å²) in [7, 11) is 0. The minimum Gasteiger partial charge on any atom is -0.457 e. The molecule has 1 aliphatic heterocycles. The van der Waals surface area contributed by atoms with Gasteiger partial charge in [-0.3, -0.25) is 4.57 Å². The summed E-state index contributed by atoms with van der Waals surface area (Å²) in [5.41, 5.74) is 20.2. The van der Waals surface area contributed by atoms with Crippen LogP contribution in [-0.4, -0.2) is 16.2 Å². The molecule has 1 fully saturated rings. The number of para-hydroxylation sites is 4. The van der Waals surface area contributed by atoms with E-state index < -0.39 is 0 Å². The molecule has 11 aromatic rings. The van der Waals surface area contributed by atoms with E-state index in [-0.39, 0.29) is 5.41 Å². The molecule has 0 spiro atoms. The Balaban J connectivity index is 0.945. The molecule has 1 aliphatic carbocycles. The van der Waals surface area contributed by atoms with Crippen molar-refractivity contribution in [2.24, 2.45) is 0 Å². The van der Waals surface area contributed by atoms with Crippen molar-refractivity contribution >= 4 is 44.6 Å². The Morgan fingerprint density at radius 3 is 1.78 bits per heavy atom. The van der Waals surface area contributed by atoms with Crippen LogP contribution in [0.5, 0.6) is 11.5 Å². The van der Waals surface area contributed by atoms with E-state index in [0.717, 1.165) is 69.2 Å². The zero-order valence-electron chi connectivity index (χ0n) is 42.3. The van der Waals surface area contributed by atoms with Crippen LogP contribution in [0.15, 0.2) is 225 Å². The molecule has 13 rings (SSSR count). The number of anilines is 4. The topological polar surface area (TPSA) is 33.5 Å². The fraction of sp³-hybridized carbons (Fsp3) is 0.145. The molecule has 0 saturated heterocycles. The minimum absolute atomic E-state index is 0.0521. The van der Waals surface area contributed by atoms with Crippen molar-refractivity contribution in [3.63, 3.8) is 0 Å². The van der Waals surface area contributed by atoms with Gasteiger partial charge in [-0.2, -0.15) is 0 Å². The van der Waals surface area contributed by atoms with Crippen LogP contribution in [0.3, 0.4) is 0 Å². The van der Waals surface area contributed by atoms with Gasteiger partial charge in [0.25, 0.3) is 0 Å². The lowest BCUT2D eigenvalue weighted by Crippen LogP contribution is -2.30. The van der Waals surface area contributed by atoms with Crippen LogP contribution < -0.4 is 14.5 Å². The first-order valence-corrected chi connectivity index (χ1v) is 26.2. The van der Waals surface area contributed by atoms with Gasteiger partial charge in [0.1, 0.15) is 24.0 Å². The first-order chi connectivity index (χ1) is 36.4. The first-order valence-electron chi connectivity index (χ1n) is 26.2. The summed E-state index contributed by atoms with van der Waals surface area (Å²) in [6.07, 6.45) is 7.99. The average Bonchev–Trinajstić information content (AvgIpc) is 4.02. The zero-order chi connectivity index (χ0) is 49.8. The Kier molecular flexibility index (Phi) is 11.5. The van der Waals surface area contributed by atoms with Gasteiger partial charge in [0.2, 0.25) is 0 Å². The second-order valence-electron chi connectivity index (χ2n) is 20.5. The second kappa shape index (κ2) is 18.7. The molecular formula is C69H58N4O. The van der Waals surface area contributed by atoms with E-state index in [9.17, 15) is 0 Å². The summed E-state index contributed by atoms with van der Waals surface area (Å²) in [5, 5.41) is 2.35. The molecule has 0 atom stereocenters. The number of aromatic nitrogens is 2. The molecular weight excluding hydrogens is 901 g/mol. The van der Waals surface area contributed by atoms with E-state index in [1.54, 1.807) is 0 Å². The Labute approximate surface area is 434 Å². The van der Waals surface area contributed by atoms with Crippen LogP contribution >= 0.6 is 0 Å². The first kappa shape index (κ1) is 45.2. The molecule has 0 unspecified atom stereocenters. The number of pyridine rings is 1. The van der Waals surface area contributed by atoms with Gasteiger partial charge in [0.05, 0.1) is 28.1 Å². The van der Waals surface area contributed by atoms with Crippen LogP contribution in [0.2, 0.25) is 0 Å². The van der Waals surface area contributed by atoms with Crippen molar-refractivity contribution in [2.75, 3.05) is 16.5 Å². The molecule has 74 heavy (non-hydrogen) atoms. The molecule has 0 amide bonds. The molecule has 2 aliphatic rings. The largest absolute Gasteiger partial charge is 0.457 e. The predicted octanol–water partition coefficient (Wildman–Crippen LogP) is 18.4. The number of rotatable bonds is 10. The average molecular weight is 959 g/mol. The number of aryl methyl sites for hydroxylation is 3. The molecule has 1 saturated carbocycles. The highest BCUT2D eigenvalue weighted by molar-refractivity contribution is 6.09. The molecule has 5 nitrogen and oxygen atoms in total. The highest BCUT2D eigenvalue weighted by atomic mass is 16.5. The van der Waals surface area contributed by atoms with Crippen LogP contribution in [0.1, 0.15) is 59.9 Å². The molecule has 0 bridgehead atoms. The summed E-state index contributed by atoms with van der Waals surface area (Å²) >= 11 is 0. The molecule has 2 aromatic heterocycles. The lowest BCUT2D eigenvalue weighted by Gasteiger charge is -2.38. The van der Waals surface area contributed by atoms with E-state index in [1.807, 2.05) is 6.20 Å². The highest BCUT2D eigenvalue weighted by Gasteiger charge is 2.36. The molecule has 5 heteroatoms. The number of ether oxygens (including phenoxy) is 1. The standard InChI is InChI=1S/C69H58N4O/c1-47-39-48(2)67(49(3)40-47)52-41-55(71-46-72(64-32-17-16-31-63(64)71)68-58(50-21-8-4-9-22-50)28-20-29-59(68)51-23-10-5-11-24-51)44-57(42-52)74-56-33-34-61-60-27-14-15-30-62(60)73(65(61)45-56)66-43-54(35-38-70-66)69(36-18-7-19-37-69)53-25-12-6-13-26-53/h4-6,8-17,20-35,38-45H,7,18-19,36-37,46H2,1-3H3. The monoisotopic (exact) mass is 958 g/mol. The fourth-order valence-corrected chi connectivity index (χ4v) is 12.6. The van der Waals surface area contributed by atoms with Gasteiger partial charge in [-0.25, -0.2) is 4.98 Å². The van der Waals surface area contributed by atoms with E-state index in [4.69, 9.17) is 9.72 Å². The Bertz CT molecular complexity index is 3790. The number of fused-ring (bicyclic) bond motifs is 4. The Morgan fingerprint density at radius 1 is 0.459 bits per heavy atom. The zero-order valence-corrected chi connectivity index (χ0v) is 42.3. The van der Waals surface area contributed by atoms with Gasteiger partial charge in [-0.15, -0.1) is 0 Å². The third-order valence-corrected chi connectivity index (χ3v) is 15.8. The Morgan fingerprint density at radius 2 is 1.08 bits per heavy atom. The third kappa shape index (κ3) is 7.91. The maximum absolute atomic E-state index is 7.21. The molecule has 0 radical (unpaired) electrons. The van der Waals surface area contributed by atoms with Crippen molar-refractivity contribution in [3.8, 4) is 50.7 Å². The van der Waals surface area contributed by atoms with E-state index in [0.29, 0.717) is 6.67 Å². The molecule has 3 heterocycles. The van der Waals surface area contributed by atoms with Gasteiger partial charge in [0, 0.05) is 51.3 Å². The minimum atomic E-state index is -0.0521. The predicted molar refractivity (Wildman–Crippen MR) is 308 cm³/mol. The summed E-state index contributed by atoms with van der Waals surface area (Å²) in [4.78, 5) is 10.1. The lowest BCUT2D eigenvalue weighted by atomic mass is 9.65. The maximum Gasteiger partial charge on any atom is 0.137 e. The van der Waals surface area contributed by atoms with Crippen LogP contribution in [0.25, 0.3) is 61.0 Å². The summed E-state index contributed by atoms with van der Waals surface area (Å²) in [5.74, 6) is 2.45. The van der Waals surface area contributed by atoms with E-state index >= 15 is 0 Å². The molecule has 0 N–H and O–H groups in total. The van der Waals surface area contributed by atoms with E-state index in [2.05, 4.69) is 254 Å². The van der Waals surface area contributed by atoms with Crippen molar-refractivity contribution < 1.29 is 4.74 Å². The van der Waals surface area contributed by atoms with Crippen molar-refractivity contribution in [3.05, 3.63) is 252 Å². The SMILES string of the molecule is Cc1cc(C)c(-c2cc(Oc3ccc4c5ccccc5n(-c5cc(C6(c7ccccc7)CCCCC6)ccn5)c4c3)cc(N3CN(c4c(-c5ccccc5)cccc4-c4ccccc4)c4ccccc43)c2)c(C)c1. The van der Waals surface area contributed by atoms with Crippen molar-refractivity contribution in [2.45, 2.75) is 58.3 Å². The number of hydrogen-bond acceptors (Lipinski definition) is 4. The number of hydrogen-bond donors (Lipinski definition) is 0. The van der Waals surface area contributed by atoms with Crippen molar-refractivity contribution in [1.29, 1.82) is 0 Å². The summed E-state index contributed by atoms with van der Waals surface area (Å²) in [6.45, 7) is 7.24. The maximum atomic E-state index is 7.21. The van der Waals surface area contributed by atoms with Crippen LogP contribution in [0, 0.1) is 20.8 Å². The quantitative estimate of drug-likeness (QED) is 0.137. The Hall–Kier alpha value is -8.67. The van der Waals surface area contributed by atoms with Crippen LogP contribution in [-0.2, 0) is 5.41 Å².